The Kier molecular flexibility index (Phi) is 17.1. The molecule has 147 valence electrons. The minimum Gasteiger partial charge on any atom is -0.386 e. The van der Waals surface area contributed by atoms with E-state index >= 15 is 0 Å². The smallest absolute Gasteiger partial charge is 0.238 e. The third-order valence-electron chi connectivity index (χ3n) is 4.85. The quantitative estimate of drug-likeness (QED) is 0.192. The van der Waals surface area contributed by atoms with Crippen LogP contribution in [0.15, 0.2) is 0 Å². The Balaban J connectivity index is 3.71. The fourth-order valence-corrected chi connectivity index (χ4v) is 3.20. The van der Waals surface area contributed by atoms with Gasteiger partial charge in [-0.15, -0.1) is 0 Å². The molecule has 0 amide bonds. The molecule has 0 fully saturated rings. The Labute approximate surface area is 153 Å². The summed E-state index contributed by atoms with van der Waals surface area (Å²) in [6, 6.07) is -0.807. The Bertz CT molecular complexity index is 323. The van der Waals surface area contributed by atoms with Gasteiger partial charge in [-0.3, -0.25) is 14.9 Å². The van der Waals surface area contributed by atoms with Gasteiger partial charge < -0.3 is 5.11 Å². The summed E-state index contributed by atoms with van der Waals surface area (Å²) >= 11 is 0. The van der Waals surface area contributed by atoms with E-state index in [1.807, 2.05) is 6.29 Å². The van der Waals surface area contributed by atoms with Gasteiger partial charge in [0.25, 0.3) is 0 Å². The first-order chi connectivity index (χ1) is 12.1. The Morgan fingerprint density at radius 2 is 1.32 bits per heavy atom. The average Bonchev–Trinajstić information content (AvgIpc) is 2.59. The van der Waals surface area contributed by atoms with Gasteiger partial charge in [-0.2, -0.15) is 0 Å². The number of aliphatic hydroxyl groups excluding tert-OH is 1. The summed E-state index contributed by atoms with van der Waals surface area (Å²) in [6.07, 6.45) is 16.5. The van der Waals surface area contributed by atoms with Crippen LogP contribution in [0, 0.1) is 10.1 Å². The summed E-state index contributed by atoms with van der Waals surface area (Å²) in [6.45, 7) is 2.18. The van der Waals surface area contributed by atoms with Crippen LogP contribution >= 0.6 is 0 Å². The van der Waals surface area contributed by atoms with Crippen molar-refractivity contribution in [2.75, 3.05) is 0 Å². The van der Waals surface area contributed by atoms with Crippen LogP contribution in [-0.2, 0) is 4.79 Å². The fraction of sp³-hybridized carbons (Fsp3) is 0.950. The molecule has 0 spiro atoms. The molecule has 25 heavy (non-hydrogen) atoms. The molecule has 2 unspecified atom stereocenters. The van der Waals surface area contributed by atoms with E-state index in [-0.39, 0.29) is 4.92 Å². The maximum atomic E-state index is 11.2. The van der Waals surface area contributed by atoms with E-state index < -0.39 is 12.1 Å². The maximum Gasteiger partial charge on any atom is 0.238 e. The molecule has 0 aliphatic carbocycles. The monoisotopic (exact) mass is 356 g/mol. The molecule has 0 aliphatic heterocycles. The van der Waals surface area contributed by atoms with Crippen molar-refractivity contribution in [2.24, 2.45) is 0 Å². The van der Waals surface area contributed by atoms with Gasteiger partial charge >= 0.3 is 0 Å². The highest BCUT2D eigenvalue weighted by molar-refractivity contribution is 5.50. The summed E-state index contributed by atoms with van der Waals surface area (Å²) in [4.78, 5) is 21.0. The fourth-order valence-electron chi connectivity index (χ4n) is 3.20. The van der Waals surface area contributed by atoms with E-state index in [1.54, 1.807) is 0 Å². The van der Waals surface area contributed by atoms with Crippen LogP contribution in [0.5, 0.6) is 0 Å². The minimum atomic E-state index is -0.807. The van der Waals surface area contributed by atoms with Crippen molar-refractivity contribution >= 4 is 6.29 Å². The van der Waals surface area contributed by atoms with Crippen molar-refractivity contribution in [2.45, 2.75) is 122 Å². The van der Waals surface area contributed by atoms with Crippen LogP contribution in [0.4, 0.5) is 0 Å². The Hall–Kier alpha value is -0.970. The third kappa shape index (κ3) is 15.0. The molecular formula is C20H38NO4. The molecule has 0 aliphatic rings. The van der Waals surface area contributed by atoms with Gasteiger partial charge in [0.2, 0.25) is 6.04 Å². The van der Waals surface area contributed by atoms with Gasteiger partial charge in [-0.1, -0.05) is 77.6 Å². The van der Waals surface area contributed by atoms with E-state index in [0.29, 0.717) is 19.3 Å². The summed E-state index contributed by atoms with van der Waals surface area (Å²) in [5.41, 5.74) is 0. The molecule has 1 radical (unpaired) electrons. The van der Waals surface area contributed by atoms with E-state index in [1.165, 1.54) is 19.3 Å². The van der Waals surface area contributed by atoms with Gasteiger partial charge in [-0.05, 0) is 19.3 Å². The standard InChI is InChI=1S/C20H38NO4/c1-2-3-4-5-11-14-17-20(23)19(21(24)25)16-13-10-8-6-7-9-12-15-18-22/h19-20,23H,2-17H2,1H3. The summed E-state index contributed by atoms with van der Waals surface area (Å²) in [7, 11) is 0. The average molecular weight is 357 g/mol. The first kappa shape index (κ1) is 24.0. The first-order valence-corrected chi connectivity index (χ1v) is 10.3. The summed E-state index contributed by atoms with van der Waals surface area (Å²) < 4.78 is 0. The van der Waals surface area contributed by atoms with Crippen LogP contribution < -0.4 is 0 Å². The molecule has 1 N–H and O–H groups in total. The molecule has 2 atom stereocenters. The lowest BCUT2D eigenvalue weighted by molar-refractivity contribution is -0.535. The van der Waals surface area contributed by atoms with E-state index in [2.05, 4.69) is 6.92 Å². The number of carbonyl (C=O) groups excluding carboxylic acids is 1. The van der Waals surface area contributed by atoms with Crippen LogP contribution in [0.25, 0.3) is 0 Å². The lowest BCUT2D eigenvalue weighted by Gasteiger charge is -2.16. The molecule has 0 aromatic rings. The van der Waals surface area contributed by atoms with Gasteiger partial charge in [0.15, 0.2) is 6.29 Å². The Morgan fingerprint density at radius 1 is 0.840 bits per heavy atom. The molecule has 0 aromatic heterocycles. The number of nitro groups is 1. The molecule has 0 rings (SSSR count). The van der Waals surface area contributed by atoms with E-state index in [9.17, 15) is 20.0 Å². The zero-order valence-corrected chi connectivity index (χ0v) is 16.1. The topological polar surface area (TPSA) is 80.4 Å². The number of hydrogen-bond acceptors (Lipinski definition) is 4. The largest absolute Gasteiger partial charge is 0.386 e. The minimum absolute atomic E-state index is 0.294. The van der Waals surface area contributed by atoms with Crippen molar-refractivity contribution < 1.29 is 14.8 Å². The molecule has 0 saturated carbocycles. The van der Waals surface area contributed by atoms with Gasteiger partial charge in [0, 0.05) is 17.8 Å². The van der Waals surface area contributed by atoms with E-state index in [4.69, 9.17) is 0 Å². The van der Waals surface area contributed by atoms with Crippen molar-refractivity contribution in [3.8, 4) is 0 Å². The molecular weight excluding hydrogens is 318 g/mol. The van der Waals surface area contributed by atoms with Crippen LogP contribution in [0.2, 0.25) is 0 Å². The molecule has 0 aromatic carbocycles. The zero-order valence-electron chi connectivity index (χ0n) is 16.1. The molecule has 0 heterocycles. The second-order valence-electron chi connectivity index (χ2n) is 7.13. The first-order valence-electron chi connectivity index (χ1n) is 10.3. The lowest BCUT2D eigenvalue weighted by Crippen LogP contribution is -2.33. The molecule has 5 heteroatoms. The van der Waals surface area contributed by atoms with Gasteiger partial charge in [0.1, 0.15) is 6.10 Å². The van der Waals surface area contributed by atoms with Crippen LogP contribution in [0.1, 0.15) is 110 Å². The molecule has 0 bridgehead atoms. The highest BCUT2D eigenvalue weighted by Gasteiger charge is 2.28. The number of hydrogen-bond donors (Lipinski definition) is 1. The zero-order chi connectivity index (χ0) is 18.8. The molecule has 5 nitrogen and oxygen atoms in total. The number of unbranched alkanes of at least 4 members (excludes halogenated alkanes) is 12. The van der Waals surface area contributed by atoms with Crippen molar-refractivity contribution in [1.82, 2.24) is 0 Å². The normalized spacial score (nSPS) is 13.5. The van der Waals surface area contributed by atoms with Gasteiger partial charge in [0.05, 0.1) is 0 Å². The van der Waals surface area contributed by atoms with Crippen LogP contribution in [0.3, 0.4) is 0 Å². The summed E-state index contributed by atoms with van der Waals surface area (Å²) in [5.74, 6) is 0. The number of rotatable bonds is 19. The second-order valence-corrected chi connectivity index (χ2v) is 7.13. The predicted octanol–water partition coefficient (Wildman–Crippen LogP) is 5.36. The Morgan fingerprint density at radius 3 is 1.84 bits per heavy atom. The lowest BCUT2D eigenvalue weighted by atomic mass is 9.98. The number of nitrogens with zero attached hydrogens (tertiary/aromatic N) is 1. The molecule has 0 saturated heterocycles. The highest BCUT2D eigenvalue weighted by atomic mass is 16.6. The van der Waals surface area contributed by atoms with Crippen molar-refractivity contribution in [3.05, 3.63) is 10.1 Å². The summed E-state index contributed by atoms with van der Waals surface area (Å²) in [5, 5.41) is 21.3. The maximum absolute atomic E-state index is 11.2. The SMILES string of the molecule is CCCCCCCCC(O)C(CCCCCCCCC[C]=O)[N+](=O)[O-]. The van der Waals surface area contributed by atoms with Gasteiger partial charge in [-0.25, -0.2) is 0 Å². The predicted molar refractivity (Wildman–Crippen MR) is 102 cm³/mol. The van der Waals surface area contributed by atoms with E-state index in [0.717, 1.165) is 64.2 Å². The van der Waals surface area contributed by atoms with Crippen molar-refractivity contribution in [1.29, 1.82) is 0 Å². The number of aliphatic hydroxyl groups is 1. The van der Waals surface area contributed by atoms with Crippen LogP contribution in [-0.4, -0.2) is 28.5 Å². The third-order valence-corrected chi connectivity index (χ3v) is 4.85. The highest BCUT2D eigenvalue weighted by Crippen LogP contribution is 2.17. The van der Waals surface area contributed by atoms with Crippen molar-refractivity contribution in [3.63, 3.8) is 0 Å². The second kappa shape index (κ2) is 17.8.